The summed E-state index contributed by atoms with van der Waals surface area (Å²) in [5, 5.41) is 12.0. The first-order chi connectivity index (χ1) is 10.2. The van der Waals surface area contributed by atoms with Crippen LogP contribution < -0.4 is 14.8 Å². The molecule has 0 unspecified atom stereocenters. The van der Waals surface area contributed by atoms with Crippen molar-refractivity contribution in [1.29, 1.82) is 0 Å². The zero-order valence-corrected chi connectivity index (χ0v) is 11.4. The van der Waals surface area contributed by atoms with Crippen LogP contribution in [0.3, 0.4) is 0 Å². The zero-order valence-electron chi connectivity index (χ0n) is 11.4. The van der Waals surface area contributed by atoms with Crippen molar-refractivity contribution < 1.29 is 32.4 Å². The summed E-state index contributed by atoms with van der Waals surface area (Å²) in [5.41, 5.74) is -0.356. The van der Waals surface area contributed by atoms with Crippen LogP contribution in [0.1, 0.15) is 5.56 Å². The number of nitrogens with zero attached hydrogens (tertiary/aromatic N) is 1. The number of benzene rings is 1. The molecule has 0 bridgehead atoms. The molecule has 0 fully saturated rings. The molecule has 0 atom stereocenters. The molecule has 0 aliphatic rings. The van der Waals surface area contributed by atoms with Gasteiger partial charge < -0.3 is 14.8 Å². The predicted molar refractivity (Wildman–Crippen MR) is 70.3 cm³/mol. The van der Waals surface area contributed by atoms with Crippen molar-refractivity contribution >= 4 is 17.7 Å². The lowest BCUT2D eigenvalue weighted by molar-refractivity contribution is -0.400. The van der Waals surface area contributed by atoms with Crippen molar-refractivity contribution in [1.82, 2.24) is 0 Å². The molecule has 0 aliphatic heterocycles. The van der Waals surface area contributed by atoms with Crippen LogP contribution in [0, 0.1) is 10.1 Å². The van der Waals surface area contributed by atoms with E-state index >= 15 is 0 Å². The number of hydrogen-bond acceptors (Lipinski definition) is 5. The maximum atomic E-state index is 12.3. The van der Waals surface area contributed by atoms with Gasteiger partial charge in [-0.15, -0.1) is 0 Å². The van der Waals surface area contributed by atoms with E-state index in [1.807, 2.05) is 0 Å². The van der Waals surface area contributed by atoms with Gasteiger partial charge in [0.25, 0.3) is 0 Å². The summed E-state index contributed by atoms with van der Waals surface area (Å²) in [5.74, 6) is -2.02. The second-order valence-corrected chi connectivity index (χ2v) is 3.85. The molecular weight excluding hydrogens is 309 g/mol. The van der Waals surface area contributed by atoms with Crippen molar-refractivity contribution in [2.45, 2.75) is 6.18 Å². The Hall–Kier alpha value is -2.78. The number of carbonyl (C=O) groups excluding carboxylic acids is 1. The van der Waals surface area contributed by atoms with E-state index in [1.54, 1.807) is 5.32 Å². The number of ether oxygens (including phenoxy) is 2. The number of anilines is 1. The number of nitro groups is 1. The molecule has 0 radical (unpaired) electrons. The SMILES string of the molecule is COc1cc(/C=C/[N+](=O)[O-])c(NC(=O)C(F)(F)F)cc1OC. The van der Waals surface area contributed by atoms with Crippen molar-refractivity contribution in [2.75, 3.05) is 19.5 Å². The van der Waals surface area contributed by atoms with Gasteiger partial charge in [-0.3, -0.25) is 14.9 Å². The molecule has 0 saturated heterocycles. The normalized spacial score (nSPS) is 11.3. The largest absolute Gasteiger partial charge is 0.493 e. The van der Waals surface area contributed by atoms with Crippen LogP contribution in [-0.2, 0) is 4.79 Å². The van der Waals surface area contributed by atoms with Crippen molar-refractivity contribution in [3.63, 3.8) is 0 Å². The summed E-state index contributed by atoms with van der Waals surface area (Å²) >= 11 is 0. The molecule has 0 saturated carbocycles. The summed E-state index contributed by atoms with van der Waals surface area (Å²) in [6.07, 6.45) is -3.66. The highest BCUT2D eigenvalue weighted by atomic mass is 19.4. The van der Waals surface area contributed by atoms with Crippen LogP contribution in [0.25, 0.3) is 6.08 Å². The van der Waals surface area contributed by atoms with Gasteiger partial charge in [0.15, 0.2) is 11.5 Å². The molecule has 22 heavy (non-hydrogen) atoms. The first-order valence-corrected chi connectivity index (χ1v) is 5.65. The highest BCUT2D eigenvalue weighted by Crippen LogP contribution is 2.34. The second-order valence-electron chi connectivity index (χ2n) is 3.85. The van der Waals surface area contributed by atoms with E-state index in [1.165, 1.54) is 20.3 Å². The van der Waals surface area contributed by atoms with Gasteiger partial charge in [0, 0.05) is 17.7 Å². The van der Waals surface area contributed by atoms with E-state index in [0.717, 1.165) is 12.1 Å². The summed E-state index contributed by atoms with van der Waals surface area (Å²) in [7, 11) is 2.53. The molecular formula is C12H11F3N2O5. The van der Waals surface area contributed by atoms with E-state index in [9.17, 15) is 28.1 Å². The third-order valence-electron chi connectivity index (χ3n) is 2.44. The predicted octanol–water partition coefficient (Wildman–Crippen LogP) is 2.45. The Morgan fingerprint density at radius 2 is 1.82 bits per heavy atom. The summed E-state index contributed by atoms with van der Waals surface area (Å²) in [6.45, 7) is 0. The van der Waals surface area contributed by atoms with Gasteiger partial charge in [-0.25, -0.2) is 0 Å². The fourth-order valence-electron chi connectivity index (χ4n) is 1.48. The Morgan fingerprint density at radius 1 is 1.27 bits per heavy atom. The molecule has 0 aliphatic carbocycles. The average Bonchev–Trinajstić information content (AvgIpc) is 2.44. The third-order valence-corrected chi connectivity index (χ3v) is 2.44. The number of amides is 1. The highest BCUT2D eigenvalue weighted by Gasteiger charge is 2.39. The molecule has 0 spiro atoms. The van der Waals surface area contributed by atoms with Crippen molar-refractivity contribution in [3.8, 4) is 11.5 Å². The second kappa shape index (κ2) is 6.78. The fourth-order valence-corrected chi connectivity index (χ4v) is 1.48. The van der Waals surface area contributed by atoms with Gasteiger partial charge in [-0.2, -0.15) is 13.2 Å². The number of alkyl halides is 3. The number of halogens is 3. The van der Waals surface area contributed by atoms with Gasteiger partial charge in [-0.1, -0.05) is 0 Å². The number of carbonyl (C=O) groups is 1. The lowest BCUT2D eigenvalue weighted by Crippen LogP contribution is -2.30. The smallest absolute Gasteiger partial charge is 0.471 e. The average molecular weight is 320 g/mol. The van der Waals surface area contributed by atoms with Crippen LogP contribution in [0.2, 0.25) is 0 Å². The van der Waals surface area contributed by atoms with Crippen LogP contribution in [0.4, 0.5) is 18.9 Å². The minimum atomic E-state index is -5.10. The molecule has 7 nitrogen and oxygen atoms in total. The molecule has 1 N–H and O–H groups in total. The van der Waals surface area contributed by atoms with Crippen LogP contribution in [0.5, 0.6) is 11.5 Å². The van der Waals surface area contributed by atoms with Crippen molar-refractivity contribution in [3.05, 3.63) is 34.0 Å². The minimum absolute atomic E-state index is 0.0491. The molecule has 1 amide bonds. The van der Waals surface area contributed by atoms with E-state index < -0.39 is 17.0 Å². The number of methoxy groups -OCH3 is 2. The molecule has 0 aromatic heterocycles. The molecule has 1 aromatic carbocycles. The van der Waals surface area contributed by atoms with Crippen LogP contribution >= 0.6 is 0 Å². The number of rotatable bonds is 5. The maximum absolute atomic E-state index is 12.3. The molecule has 120 valence electrons. The van der Waals surface area contributed by atoms with E-state index in [0.29, 0.717) is 6.20 Å². The van der Waals surface area contributed by atoms with Gasteiger partial charge >= 0.3 is 12.1 Å². The van der Waals surface area contributed by atoms with Gasteiger partial charge in [0.05, 0.1) is 24.8 Å². The lowest BCUT2D eigenvalue weighted by atomic mass is 10.1. The summed E-state index contributed by atoms with van der Waals surface area (Å²) in [4.78, 5) is 20.6. The molecule has 0 heterocycles. The van der Waals surface area contributed by atoms with E-state index in [2.05, 4.69) is 0 Å². The zero-order chi connectivity index (χ0) is 16.9. The summed E-state index contributed by atoms with van der Waals surface area (Å²) in [6, 6.07) is 2.27. The number of nitrogens with one attached hydrogen (secondary N) is 1. The van der Waals surface area contributed by atoms with Crippen LogP contribution in [-0.4, -0.2) is 31.2 Å². The van der Waals surface area contributed by atoms with Gasteiger partial charge in [0.1, 0.15) is 0 Å². The Labute approximate surface area is 122 Å². The molecule has 1 rings (SSSR count). The van der Waals surface area contributed by atoms with E-state index in [4.69, 9.17) is 9.47 Å². The fraction of sp³-hybridized carbons (Fsp3) is 0.250. The summed E-state index contributed by atoms with van der Waals surface area (Å²) < 4.78 is 46.8. The first-order valence-electron chi connectivity index (χ1n) is 5.65. The monoisotopic (exact) mass is 320 g/mol. The minimum Gasteiger partial charge on any atom is -0.493 e. The lowest BCUT2D eigenvalue weighted by Gasteiger charge is -2.14. The Balaban J connectivity index is 3.32. The number of hydrogen-bond donors (Lipinski definition) is 1. The van der Waals surface area contributed by atoms with Gasteiger partial charge in [0.2, 0.25) is 6.20 Å². The maximum Gasteiger partial charge on any atom is 0.471 e. The Bertz CT molecular complexity index is 614. The first kappa shape index (κ1) is 17.3. The topological polar surface area (TPSA) is 90.7 Å². The van der Waals surface area contributed by atoms with Crippen LogP contribution in [0.15, 0.2) is 18.3 Å². The molecule has 1 aromatic rings. The van der Waals surface area contributed by atoms with Crippen molar-refractivity contribution in [2.24, 2.45) is 0 Å². The Morgan fingerprint density at radius 3 is 2.27 bits per heavy atom. The third kappa shape index (κ3) is 4.36. The molecule has 10 heteroatoms. The van der Waals surface area contributed by atoms with E-state index in [-0.39, 0.29) is 22.7 Å². The standard InChI is InChI=1S/C12H11F3N2O5/c1-21-9-5-7(3-4-17(19)20)8(6-10(9)22-2)16-11(18)12(13,14)15/h3-6H,1-2H3,(H,16,18)/b4-3+. The Kier molecular flexibility index (Phi) is 5.33. The quantitative estimate of drug-likeness (QED) is 0.665. The van der Waals surface area contributed by atoms with Gasteiger partial charge in [-0.05, 0) is 6.07 Å². The highest BCUT2D eigenvalue weighted by molar-refractivity contribution is 5.97.